The maximum Gasteiger partial charge on any atom is 0.254 e. The monoisotopic (exact) mass is 317 g/mol. The first-order valence-electron chi connectivity index (χ1n) is 8.62. The van der Waals surface area contributed by atoms with Gasteiger partial charge in [0.2, 0.25) is 0 Å². The summed E-state index contributed by atoms with van der Waals surface area (Å²) in [6.07, 6.45) is 2.62. The van der Waals surface area contributed by atoms with Crippen LogP contribution in [0.25, 0.3) is 0 Å². The fraction of sp³-hybridized carbons (Fsp3) is 0.611. The molecular weight excluding hydrogens is 290 g/mol. The van der Waals surface area contributed by atoms with Crippen molar-refractivity contribution in [2.75, 3.05) is 52.9 Å². The molecule has 0 aromatic heterocycles. The van der Waals surface area contributed by atoms with Gasteiger partial charge in [-0.3, -0.25) is 9.69 Å². The third kappa shape index (κ3) is 4.24. The Morgan fingerprint density at radius 3 is 2.83 bits per heavy atom. The van der Waals surface area contributed by atoms with Crippen LogP contribution in [0.5, 0.6) is 5.75 Å². The number of hydrogen-bond acceptors (Lipinski definition) is 4. The van der Waals surface area contributed by atoms with E-state index in [1.54, 1.807) is 7.11 Å². The number of nitrogens with zero attached hydrogens (tertiary/aromatic N) is 2. The van der Waals surface area contributed by atoms with E-state index in [-0.39, 0.29) is 5.91 Å². The van der Waals surface area contributed by atoms with Crippen LogP contribution in [0.2, 0.25) is 0 Å². The molecule has 23 heavy (non-hydrogen) atoms. The first-order chi connectivity index (χ1) is 11.3. The maximum absolute atomic E-state index is 12.6. The number of hydrogen-bond donors (Lipinski definition) is 1. The zero-order valence-electron chi connectivity index (χ0n) is 14.0. The Bertz CT molecular complexity index is 521. The van der Waals surface area contributed by atoms with E-state index < -0.39 is 0 Å². The molecule has 2 aliphatic rings. The topological polar surface area (TPSA) is 44.8 Å². The van der Waals surface area contributed by atoms with Crippen LogP contribution >= 0.6 is 0 Å². The van der Waals surface area contributed by atoms with E-state index in [1.807, 2.05) is 29.2 Å². The van der Waals surface area contributed by atoms with Gasteiger partial charge in [-0.25, -0.2) is 0 Å². The number of benzene rings is 1. The van der Waals surface area contributed by atoms with Crippen molar-refractivity contribution in [2.24, 2.45) is 5.92 Å². The van der Waals surface area contributed by atoms with Gasteiger partial charge < -0.3 is 15.0 Å². The molecule has 1 aromatic carbocycles. The highest BCUT2D eigenvalue weighted by molar-refractivity contribution is 5.94. The summed E-state index contributed by atoms with van der Waals surface area (Å²) in [6.45, 7) is 7.06. The third-order valence-electron chi connectivity index (χ3n) is 4.89. The van der Waals surface area contributed by atoms with Crippen molar-refractivity contribution in [3.05, 3.63) is 29.8 Å². The first kappa shape index (κ1) is 16.3. The van der Waals surface area contributed by atoms with Crippen molar-refractivity contribution in [2.45, 2.75) is 12.8 Å². The molecule has 1 atom stereocenters. The Hall–Kier alpha value is -1.59. The van der Waals surface area contributed by atoms with Gasteiger partial charge in [-0.15, -0.1) is 0 Å². The number of amides is 1. The number of rotatable bonds is 4. The molecule has 1 unspecified atom stereocenters. The molecule has 2 aliphatic heterocycles. The van der Waals surface area contributed by atoms with E-state index in [1.165, 1.54) is 19.4 Å². The molecule has 0 bridgehead atoms. The SMILES string of the molecule is COc1cccc(C(=O)N2CCN(CC3CCCNC3)CC2)c1. The highest BCUT2D eigenvalue weighted by atomic mass is 16.5. The molecule has 126 valence electrons. The van der Waals surface area contributed by atoms with Crippen LogP contribution in [-0.4, -0.2) is 68.6 Å². The quantitative estimate of drug-likeness (QED) is 0.913. The molecule has 0 saturated carbocycles. The number of carbonyl (C=O) groups is 1. The van der Waals surface area contributed by atoms with Crippen molar-refractivity contribution in [3.63, 3.8) is 0 Å². The van der Waals surface area contributed by atoms with Gasteiger partial charge in [-0.05, 0) is 50.0 Å². The van der Waals surface area contributed by atoms with E-state index >= 15 is 0 Å². The number of piperazine rings is 1. The fourth-order valence-electron chi connectivity index (χ4n) is 3.52. The summed E-state index contributed by atoms with van der Waals surface area (Å²) < 4.78 is 5.21. The summed E-state index contributed by atoms with van der Waals surface area (Å²) in [5, 5.41) is 3.48. The molecule has 5 heteroatoms. The van der Waals surface area contributed by atoms with Crippen molar-refractivity contribution < 1.29 is 9.53 Å². The summed E-state index contributed by atoms with van der Waals surface area (Å²) in [5.74, 6) is 1.62. The van der Waals surface area contributed by atoms with E-state index in [0.717, 1.165) is 50.9 Å². The first-order valence-corrected chi connectivity index (χ1v) is 8.62. The van der Waals surface area contributed by atoms with Gasteiger partial charge in [0.05, 0.1) is 7.11 Å². The predicted octanol–water partition coefficient (Wildman–Crippen LogP) is 1.45. The largest absolute Gasteiger partial charge is 0.497 e. The summed E-state index contributed by atoms with van der Waals surface area (Å²) >= 11 is 0. The third-order valence-corrected chi connectivity index (χ3v) is 4.89. The van der Waals surface area contributed by atoms with Crippen LogP contribution in [0.4, 0.5) is 0 Å². The Balaban J connectivity index is 1.50. The lowest BCUT2D eigenvalue weighted by Gasteiger charge is -2.37. The number of nitrogens with one attached hydrogen (secondary N) is 1. The molecule has 1 aromatic rings. The molecule has 0 radical (unpaired) electrons. The second kappa shape index (κ2) is 7.79. The summed E-state index contributed by atoms with van der Waals surface area (Å²) in [7, 11) is 1.63. The van der Waals surface area contributed by atoms with Crippen LogP contribution in [-0.2, 0) is 0 Å². The van der Waals surface area contributed by atoms with Gasteiger partial charge in [0.1, 0.15) is 5.75 Å². The average Bonchev–Trinajstić information content (AvgIpc) is 2.63. The highest BCUT2D eigenvalue weighted by Crippen LogP contribution is 2.17. The fourth-order valence-corrected chi connectivity index (χ4v) is 3.52. The highest BCUT2D eigenvalue weighted by Gasteiger charge is 2.24. The smallest absolute Gasteiger partial charge is 0.254 e. The van der Waals surface area contributed by atoms with Crippen molar-refractivity contribution in [3.8, 4) is 5.75 Å². The van der Waals surface area contributed by atoms with Crippen molar-refractivity contribution in [1.82, 2.24) is 15.1 Å². The lowest BCUT2D eigenvalue weighted by Crippen LogP contribution is -2.50. The molecule has 2 saturated heterocycles. The maximum atomic E-state index is 12.6. The minimum absolute atomic E-state index is 0.114. The van der Waals surface area contributed by atoms with Crippen LogP contribution in [0.3, 0.4) is 0 Å². The number of piperidine rings is 1. The molecule has 0 spiro atoms. The van der Waals surface area contributed by atoms with E-state index in [0.29, 0.717) is 5.56 Å². The zero-order valence-corrected chi connectivity index (χ0v) is 14.0. The van der Waals surface area contributed by atoms with Gasteiger partial charge >= 0.3 is 0 Å². The molecule has 3 rings (SSSR count). The molecule has 2 heterocycles. The Labute approximate surface area is 138 Å². The molecule has 2 fully saturated rings. The molecule has 5 nitrogen and oxygen atoms in total. The normalized spacial score (nSPS) is 22.8. The van der Waals surface area contributed by atoms with Gasteiger partial charge in [-0.1, -0.05) is 6.07 Å². The Morgan fingerprint density at radius 2 is 2.13 bits per heavy atom. The van der Waals surface area contributed by atoms with Crippen LogP contribution in [0.15, 0.2) is 24.3 Å². The summed E-state index contributed by atoms with van der Waals surface area (Å²) in [4.78, 5) is 17.1. The average molecular weight is 317 g/mol. The van der Waals surface area contributed by atoms with Gasteiger partial charge in [-0.2, -0.15) is 0 Å². The molecular formula is C18H27N3O2. The van der Waals surface area contributed by atoms with Crippen molar-refractivity contribution >= 4 is 5.91 Å². The van der Waals surface area contributed by atoms with Crippen molar-refractivity contribution in [1.29, 1.82) is 0 Å². The van der Waals surface area contributed by atoms with E-state index in [4.69, 9.17) is 4.74 Å². The predicted molar refractivity (Wildman–Crippen MR) is 90.9 cm³/mol. The summed E-state index contributed by atoms with van der Waals surface area (Å²) in [5.41, 5.74) is 0.717. The zero-order chi connectivity index (χ0) is 16.1. The van der Waals surface area contributed by atoms with Crippen LogP contribution in [0.1, 0.15) is 23.2 Å². The van der Waals surface area contributed by atoms with Gasteiger partial charge in [0.15, 0.2) is 0 Å². The second-order valence-electron chi connectivity index (χ2n) is 6.54. The second-order valence-corrected chi connectivity index (χ2v) is 6.54. The van der Waals surface area contributed by atoms with Gasteiger partial charge in [0.25, 0.3) is 5.91 Å². The van der Waals surface area contributed by atoms with Crippen LogP contribution in [0, 0.1) is 5.92 Å². The van der Waals surface area contributed by atoms with E-state index in [9.17, 15) is 4.79 Å². The lowest BCUT2D eigenvalue weighted by molar-refractivity contribution is 0.0609. The standard InChI is InChI=1S/C18H27N3O2/c1-23-17-6-2-5-16(12-17)18(22)21-10-8-20(9-11-21)14-15-4-3-7-19-13-15/h2,5-6,12,15,19H,3-4,7-11,13-14H2,1H3. The number of carbonyl (C=O) groups excluding carboxylic acids is 1. The Kier molecular flexibility index (Phi) is 5.51. The Morgan fingerprint density at radius 1 is 1.30 bits per heavy atom. The summed E-state index contributed by atoms with van der Waals surface area (Å²) in [6, 6.07) is 7.43. The lowest BCUT2D eigenvalue weighted by atomic mass is 9.99. The number of methoxy groups -OCH3 is 1. The van der Waals surface area contributed by atoms with Crippen LogP contribution < -0.4 is 10.1 Å². The molecule has 1 amide bonds. The van der Waals surface area contributed by atoms with Gasteiger partial charge in [0, 0.05) is 38.3 Å². The number of ether oxygens (including phenoxy) is 1. The minimum atomic E-state index is 0.114. The molecule has 0 aliphatic carbocycles. The van der Waals surface area contributed by atoms with E-state index in [2.05, 4.69) is 10.2 Å². The molecule has 1 N–H and O–H groups in total. The minimum Gasteiger partial charge on any atom is -0.497 e.